The van der Waals surface area contributed by atoms with Crippen molar-refractivity contribution in [2.45, 2.75) is 13.0 Å². The van der Waals surface area contributed by atoms with E-state index in [2.05, 4.69) is 0 Å². The molecule has 0 aliphatic carbocycles. The first kappa shape index (κ1) is 14.3. The molecule has 0 unspecified atom stereocenters. The van der Waals surface area contributed by atoms with Crippen LogP contribution < -0.4 is 14.2 Å². The van der Waals surface area contributed by atoms with E-state index >= 15 is 0 Å². The summed E-state index contributed by atoms with van der Waals surface area (Å²) in [5.41, 5.74) is 1.75. The average molecular weight is 300 g/mol. The van der Waals surface area contributed by atoms with Crippen LogP contribution in [0.5, 0.6) is 17.2 Å². The maximum atomic E-state index is 11.9. The number of carbonyl (C=O) groups excluding carboxylic acids is 1. The molecule has 114 valence electrons. The van der Waals surface area contributed by atoms with Crippen LogP contribution in [0, 0.1) is 0 Å². The molecule has 1 aliphatic rings. The van der Waals surface area contributed by atoms with Gasteiger partial charge in [-0.3, -0.25) is 4.79 Å². The van der Waals surface area contributed by atoms with Crippen molar-refractivity contribution in [2.75, 3.05) is 13.9 Å². The van der Waals surface area contributed by atoms with Crippen molar-refractivity contribution in [3.63, 3.8) is 0 Å². The number of benzene rings is 2. The summed E-state index contributed by atoms with van der Waals surface area (Å²) in [5, 5.41) is 0. The Morgan fingerprint density at radius 1 is 1.05 bits per heavy atom. The second-order valence-electron chi connectivity index (χ2n) is 4.87. The normalized spacial score (nSPS) is 12.0. The quantitative estimate of drug-likeness (QED) is 0.795. The zero-order valence-electron chi connectivity index (χ0n) is 12.2. The number of fused-ring (bicyclic) bond motifs is 1. The zero-order chi connectivity index (χ0) is 15.4. The van der Waals surface area contributed by atoms with E-state index in [1.54, 1.807) is 7.11 Å². The number of methoxy groups -OCH3 is 1. The number of esters is 1. The van der Waals surface area contributed by atoms with Crippen LogP contribution in [0.15, 0.2) is 42.5 Å². The number of carbonyl (C=O) groups is 1. The van der Waals surface area contributed by atoms with Gasteiger partial charge >= 0.3 is 5.97 Å². The maximum Gasteiger partial charge on any atom is 0.310 e. The molecule has 3 rings (SSSR count). The highest BCUT2D eigenvalue weighted by Crippen LogP contribution is 2.32. The first-order valence-corrected chi connectivity index (χ1v) is 6.91. The largest absolute Gasteiger partial charge is 0.497 e. The van der Waals surface area contributed by atoms with Gasteiger partial charge in [0.15, 0.2) is 11.5 Å². The number of hydrogen-bond donors (Lipinski definition) is 0. The summed E-state index contributed by atoms with van der Waals surface area (Å²) in [6, 6.07) is 12.8. The van der Waals surface area contributed by atoms with Crippen molar-refractivity contribution < 1.29 is 23.7 Å². The Hall–Kier alpha value is -2.69. The lowest BCUT2D eigenvalue weighted by Gasteiger charge is -2.06. The van der Waals surface area contributed by atoms with Crippen LogP contribution in [-0.4, -0.2) is 19.9 Å². The van der Waals surface area contributed by atoms with Crippen molar-refractivity contribution in [1.82, 2.24) is 0 Å². The molecule has 5 heteroatoms. The van der Waals surface area contributed by atoms with Crippen molar-refractivity contribution in [1.29, 1.82) is 0 Å². The van der Waals surface area contributed by atoms with Gasteiger partial charge < -0.3 is 18.9 Å². The first-order chi connectivity index (χ1) is 10.7. The van der Waals surface area contributed by atoms with Gasteiger partial charge in [-0.15, -0.1) is 0 Å². The fourth-order valence-electron chi connectivity index (χ4n) is 2.16. The highest BCUT2D eigenvalue weighted by molar-refractivity contribution is 5.72. The summed E-state index contributed by atoms with van der Waals surface area (Å²) >= 11 is 0. The van der Waals surface area contributed by atoms with E-state index < -0.39 is 0 Å². The molecule has 0 radical (unpaired) electrons. The minimum absolute atomic E-state index is 0.214. The molecule has 5 nitrogen and oxygen atoms in total. The molecule has 0 amide bonds. The first-order valence-electron chi connectivity index (χ1n) is 6.91. The standard InChI is InChI=1S/C17H16O5/c1-19-14-5-2-12(3-6-14)9-17(18)20-10-13-4-7-15-16(8-13)22-11-21-15/h2-8H,9-11H2,1H3. The van der Waals surface area contributed by atoms with Crippen LogP contribution in [0.4, 0.5) is 0 Å². The summed E-state index contributed by atoms with van der Waals surface area (Å²) in [4.78, 5) is 11.9. The lowest BCUT2D eigenvalue weighted by molar-refractivity contribution is -0.144. The molecule has 2 aromatic carbocycles. The molecule has 0 saturated carbocycles. The molecule has 0 fully saturated rings. The highest BCUT2D eigenvalue weighted by atomic mass is 16.7. The third-order valence-corrected chi connectivity index (χ3v) is 3.34. The Labute approximate surface area is 128 Å². The SMILES string of the molecule is COc1ccc(CC(=O)OCc2ccc3c(c2)OCO3)cc1. The lowest BCUT2D eigenvalue weighted by atomic mass is 10.1. The van der Waals surface area contributed by atoms with Crippen molar-refractivity contribution in [3.05, 3.63) is 53.6 Å². The average Bonchev–Trinajstić information content (AvgIpc) is 3.01. The molecular weight excluding hydrogens is 284 g/mol. The molecule has 0 N–H and O–H groups in total. The van der Waals surface area contributed by atoms with Crippen LogP contribution >= 0.6 is 0 Å². The molecule has 1 heterocycles. The summed E-state index contributed by atoms with van der Waals surface area (Å²) < 4.78 is 20.9. The van der Waals surface area contributed by atoms with Crippen LogP contribution in [0.1, 0.15) is 11.1 Å². The Morgan fingerprint density at radius 3 is 2.55 bits per heavy atom. The molecule has 0 bridgehead atoms. The van der Waals surface area contributed by atoms with Crippen molar-refractivity contribution in [2.24, 2.45) is 0 Å². The van der Waals surface area contributed by atoms with Gasteiger partial charge in [-0.25, -0.2) is 0 Å². The summed E-state index contributed by atoms with van der Waals surface area (Å²) in [5.74, 6) is 1.89. The fraction of sp³-hybridized carbons (Fsp3) is 0.235. The predicted octanol–water partition coefficient (Wildman–Crippen LogP) is 2.71. The van der Waals surface area contributed by atoms with Gasteiger partial charge in [-0.1, -0.05) is 18.2 Å². The molecular formula is C17H16O5. The van der Waals surface area contributed by atoms with Gasteiger partial charge in [0.05, 0.1) is 13.5 Å². The lowest BCUT2D eigenvalue weighted by Crippen LogP contribution is -2.08. The third-order valence-electron chi connectivity index (χ3n) is 3.34. The Kier molecular flexibility index (Phi) is 4.14. The van der Waals surface area contributed by atoms with Crippen LogP contribution in [0.25, 0.3) is 0 Å². The fourth-order valence-corrected chi connectivity index (χ4v) is 2.16. The summed E-state index contributed by atoms with van der Waals surface area (Å²) in [6.07, 6.45) is 0.231. The van der Waals surface area contributed by atoms with Crippen LogP contribution in [0.2, 0.25) is 0 Å². The molecule has 2 aromatic rings. The van der Waals surface area contributed by atoms with E-state index in [1.807, 2.05) is 42.5 Å². The number of ether oxygens (including phenoxy) is 4. The smallest absolute Gasteiger partial charge is 0.310 e. The Bertz CT molecular complexity index is 663. The molecule has 0 aromatic heterocycles. The van der Waals surface area contributed by atoms with Crippen LogP contribution in [0.3, 0.4) is 0 Å². The third kappa shape index (κ3) is 3.31. The van der Waals surface area contributed by atoms with Gasteiger partial charge in [0.2, 0.25) is 6.79 Å². The zero-order valence-corrected chi connectivity index (χ0v) is 12.2. The van der Waals surface area contributed by atoms with Crippen LogP contribution in [-0.2, 0) is 22.6 Å². The minimum atomic E-state index is -0.275. The minimum Gasteiger partial charge on any atom is -0.497 e. The molecule has 22 heavy (non-hydrogen) atoms. The predicted molar refractivity (Wildman–Crippen MR) is 79.1 cm³/mol. The topological polar surface area (TPSA) is 54.0 Å². The Balaban J connectivity index is 1.53. The molecule has 0 atom stereocenters. The second kappa shape index (κ2) is 6.39. The van der Waals surface area contributed by atoms with Crippen molar-refractivity contribution >= 4 is 5.97 Å². The monoisotopic (exact) mass is 300 g/mol. The van der Waals surface area contributed by atoms with Gasteiger partial charge in [-0.05, 0) is 35.4 Å². The second-order valence-corrected chi connectivity index (χ2v) is 4.87. The summed E-state index contributed by atoms with van der Waals surface area (Å²) in [6.45, 7) is 0.446. The molecule has 0 saturated heterocycles. The van der Waals surface area contributed by atoms with E-state index in [-0.39, 0.29) is 25.8 Å². The van der Waals surface area contributed by atoms with Crippen molar-refractivity contribution in [3.8, 4) is 17.2 Å². The number of hydrogen-bond acceptors (Lipinski definition) is 5. The molecule has 1 aliphatic heterocycles. The number of rotatable bonds is 5. The van der Waals surface area contributed by atoms with Gasteiger partial charge in [0.1, 0.15) is 12.4 Å². The summed E-state index contributed by atoms with van der Waals surface area (Å²) in [7, 11) is 1.61. The molecule has 0 spiro atoms. The maximum absolute atomic E-state index is 11.9. The van der Waals surface area contributed by atoms with Gasteiger partial charge in [0, 0.05) is 0 Å². The van der Waals surface area contributed by atoms with E-state index in [1.165, 1.54) is 0 Å². The van der Waals surface area contributed by atoms with E-state index in [0.29, 0.717) is 11.5 Å². The van der Waals surface area contributed by atoms with Gasteiger partial charge in [0.25, 0.3) is 0 Å². The van der Waals surface area contributed by atoms with E-state index in [4.69, 9.17) is 18.9 Å². The van der Waals surface area contributed by atoms with E-state index in [9.17, 15) is 4.79 Å². The Morgan fingerprint density at radius 2 is 1.77 bits per heavy atom. The highest BCUT2D eigenvalue weighted by Gasteiger charge is 2.14. The van der Waals surface area contributed by atoms with E-state index in [0.717, 1.165) is 16.9 Å². The van der Waals surface area contributed by atoms with Gasteiger partial charge in [-0.2, -0.15) is 0 Å².